The first kappa shape index (κ1) is 24.0. The fourth-order valence-electron chi connectivity index (χ4n) is 2.73. The molecule has 0 radical (unpaired) electrons. The van der Waals surface area contributed by atoms with Crippen molar-refractivity contribution in [3.63, 3.8) is 0 Å². The number of rotatable bonds is 7. The first-order valence-corrected chi connectivity index (χ1v) is 12.3. The first-order chi connectivity index (χ1) is 14.7. The molecule has 10 heteroatoms. The van der Waals surface area contributed by atoms with E-state index in [1.54, 1.807) is 42.5 Å². The number of benzene rings is 3. The molecule has 1 N–H and O–H groups in total. The lowest BCUT2D eigenvalue weighted by Gasteiger charge is -2.22. The molecule has 0 saturated heterocycles. The zero-order chi connectivity index (χ0) is 22.6. The van der Waals surface area contributed by atoms with Crippen molar-refractivity contribution in [3.05, 3.63) is 91.8 Å². The number of nitrogens with zero attached hydrogens (tertiary/aromatic N) is 1. The number of carbonyl (C=O) groups excluding carboxylic acids is 1. The van der Waals surface area contributed by atoms with Gasteiger partial charge in [0.2, 0.25) is 15.9 Å². The number of halogens is 4. The van der Waals surface area contributed by atoms with Gasteiger partial charge in [0.15, 0.2) is 0 Å². The minimum Gasteiger partial charge on any atom is -0.324 e. The summed E-state index contributed by atoms with van der Waals surface area (Å²) in [6.45, 7) is -0.432. The number of anilines is 1. The Morgan fingerprint density at radius 2 is 1.58 bits per heavy atom. The van der Waals surface area contributed by atoms with Crippen molar-refractivity contribution in [2.75, 3.05) is 11.9 Å². The molecule has 0 aliphatic heterocycles. The molecule has 162 valence electrons. The maximum atomic E-state index is 13.3. The number of hydrogen-bond donors (Lipinski definition) is 1. The van der Waals surface area contributed by atoms with Gasteiger partial charge in [-0.05, 0) is 54.1 Å². The SMILES string of the molecule is O=C(CN(Cc1ccc(Br)cc1)S(=O)(=O)c1ccc(Cl)cc1)Nc1cccc(Cl)c1Cl. The lowest BCUT2D eigenvalue weighted by molar-refractivity contribution is -0.116. The molecule has 5 nitrogen and oxygen atoms in total. The van der Waals surface area contributed by atoms with Crippen LogP contribution in [0.25, 0.3) is 0 Å². The summed E-state index contributed by atoms with van der Waals surface area (Å²) in [5.41, 5.74) is 1.01. The highest BCUT2D eigenvalue weighted by molar-refractivity contribution is 9.10. The van der Waals surface area contributed by atoms with Gasteiger partial charge in [-0.25, -0.2) is 8.42 Å². The van der Waals surface area contributed by atoms with E-state index in [4.69, 9.17) is 34.8 Å². The Hall–Kier alpha value is -1.61. The van der Waals surface area contributed by atoms with Crippen LogP contribution in [0.15, 0.2) is 76.1 Å². The Morgan fingerprint density at radius 3 is 2.23 bits per heavy atom. The second kappa shape index (κ2) is 10.3. The molecule has 0 heterocycles. The van der Waals surface area contributed by atoms with Crippen molar-refractivity contribution >= 4 is 72.4 Å². The third kappa shape index (κ3) is 6.22. The predicted molar refractivity (Wildman–Crippen MR) is 128 cm³/mol. The molecule has 31 heavy (non-hydrogen) atoms. The van der Waals surface area contributed by atoms with Crippen LogP contribution in [0, 0.1) is 0 Å². The lowest BCUT2D eigenvalue weighted by atomic mass is 10.2. The predicted octanol–water partition coefficient (Wildman–Crippen LogP) is 6.24. The van der Waals surface area contributed by atoms with Crippen LogP contribution in [0.3, 0.4) is 0 Å². The van der Waals surface area contributed by atoms with Gasteiger partial charge in [0.25, 0.3) is 0 Å². The smallest absolute Gasteiger partial charge is 0.243 e. The molecule has 3 rings (SSSR count). The quantitative estimate of drug-likeness (QED) is 0.371. The molecule has 0 bridgehead atoms. The highest BCUT2D eigenvalue weighted by Crippen LogP contribution is 2.29. The van der Waals surface area contributed by atoms with E-state index in [9.17, 15) is 13.2 Å². The van der Waals surface area contributed by atoms with E-state index in [-0.39, 0.29) is 21.5 Å². The average molecular weight is 563 g/mol. The Morgan fingerprint density at radius 1 is 0.935 bits per heavy atom. The van der Waals surface area contributed by atoms with E-state index in [1.165, 1.54) is 24.3 Å². The molecule has 0 unspecified atom stereocenters. The summed E-state index contributed by atoms with van der Waals surface area (Å²) in [6, 6.07) is 17.7. The van der Waals surface area contributed by atoms with Crippen molar-refractivity contribution in [3.8, 4) is 0 Å². The van der Waals surface area contributed by atoms with E-state index >= 15 is 0 Å². The van der Waals surface area contributed by atoms with Crippen LogP contribution in [-0.4, -0.2) is 25.2 Å². The van der Waals surface area contributed by atoms with E-state index < -0.39 is 22.5 Å². The summed E-state index contributed by atoms with van der Waals surface area (Å²) in [5.74, 6) is -0.557. The van der Waals surface area contributed by atoms with Crippen LogP contribution in [0.4, 0.5) is 5.69 Å². The summed E-state index contributed by atoms with van der Waals surface area (Å²) in [7, 11) is -3.99. The van der Waals surface area contributed by atoms with Gasteiger partial charge in [0, 0.05) is 16.0 Å². The topological polar surface area (TPSA) is 66.5 Å². The van der Waals surface area contributed by atoms with Crippen LogP contribution in [0.2, 0.25) is 15.1 Å². The lowest BCUT2D eigenvalue weighted by Crippen LogP contribution is -2.37. The number of carbonyl (C=O) groups is 1. The third-order valence-corrected chi connectivity index (χ3v) is 7.67. The van der Waals surface area contributed by atoms with Crippen LogP contribution in [-0.2, 0) is 21.4 Å². The van der Waals surface area contributed by atoms with E-state index in [1.807, 2.05) is 0 Å². The molecule has 3 aromatic rings. The van der Waals surface area contributed by atoms with Crippen LogP contribution in [0.1, 0.15) is 5.56 Å². The van der Waals surface area contributed by atoms with Gasteiger partial charge in [-0.1, -0.05) is 68.9 Å². The Bertz CT molecular complexity index is 1190. The molecule has 0 saturated carbocycles. The van der Waals surface area contributed by atoms with Crippen molar-refractivity contribution < 1.29 is 13.2 Å². The first-order valence-electron chi connectivity index (χ1n) is 8.91. The van der Waals surface area contributed by atoms with E-state index in [2.05, 4.69) is 21.2 Å². The molecule has 0 atom stereocenters. The summed E-state index contributed by atoms with van der Waals surface area (Å²) in [5, 5.41) is 3.48. The number of hydrogen-bond acceptors (Lipinski definition) is 3. The molecule has 0 aromatic heterocycles. The molecule has 0 aliphatic carbocycles. The van der Waals surface area contributed by atoms with Gasteiger partial charge in [0.05, 0.1) is 27.2 Å². The standard InChI is InChI=1S/C21H16BrCl3N2O3S/c22-15-6-4-14(5-7-15)12-27(31(29,30)17-10-8-16(23)9-11-17)13-20(28)26-19-3-1-2-18(24)21(19)25/h1-11H,12-13H2,(H,26,28). The summed E-state index contributed by atoms with van der Waals surface area (Å²) >= 11 is 21.3. The molecular formula is C21H16BrCl3N2O3S. The molecular weight excluding hydrogens is 547 g/mol. The van der Waals surface area contributed by atoms with Gasteiger partial charge in [-0.3, -0.25) is 4.79 Å². The third-order valence-electron chi connectivity index (χ3n) is 4.27. The molecule has 0 spiro atoms. The average Bonchev–Trinajstić information content (AvgIpc) is 2.73. The largest absolute Gasteiger partial charge is 0.324 e. The number of amides is 1. The number of nitrogens with one attached hydrogen (secondary N) is 1. The van der Waals surface area contributed by atoms with Gasteiger partial charge >= 0.3 is 0 Å². The highest BCUT2D eigenvalue weighted by Gasteiger charge is 2.27. The normalized spacial score (nSPS) is 11.5. The van der Waals surface area contributed by atoms with Gasteiger partial charge < -0.3 is 5.32 Å². The van der Waals surface area contributed by atoms with Gasteiger partial charge in [-0.2, -0.15) is 4.31 Å². The minimum absolute atomic E-state index is 0.00502. The van der Waals surface area contributed by atoms with Gasteiger partial charge in [0.1, 0.15) is 0 Å². The second-order valence-electron chi connectivity index (χ2n) is 6.50. The Labute approximate surface area is 204 Å². The van der Waals surface area contributed by atoms with Crippen molar-refractivity contribution in [2.24, 2.45) is 0 Å². The van der Waals surface area contributed by atoms with Gasteiger partial charge in [-0.15, -0.1) is 0 Å². The summed E-state index contributed by atoms with van der Waals surface area (Å²) < 4.78 is 28.5. The molecule has 0 fully saturated rings. The molecule has 1 amide bonds. The fraction of sp³-hybridized carbons (Fsp3) is 0.0952. The summed E-state index contributed by atoms with van der Waals surface area (Å²) in [6.07, 6.45) is 0. The maximum Gasteiger partial charge on any atom is 0.243 e. The summed E-state index contributed by atoms with van der Waals surface area (Å²) in [4.78, 5) is 12.7. The molecule has 3 aromatic carbocycles. The molecule has 0 aliphatic rings. The van der Waals surface area contributed by atoms with Crippen LogP contribution < -0.4 is 5.32 Å². The van der Waals surface area contributed by atoms with E-state index in [0.29, 0.717) is 16.3 Å². The van der Waals surface area contributed by atoms with Crippen LogP contribution in [0.5, 0.6) is 0 Å². The highest BCUT2D eigenvalue weighted by atomic mass is 79.9. The van der Waals surface area contributed by atoms with Crippen molar-refractivity contribution in [1.82, 2.24) is 4.31 Å². The number of sulfonamides is 1. The van der Waals surface area contributed by atoms with Crippen LogP contribution >= 0.6 is 50.7 Å². The fourth-order valence-corrected chi connectivity index (χ4v) is 4.85. The van der Waals surface area contributed by atoms with E-state index in [0.717, 1.165) is 8.78 Å². The Balaban J connectivity index is 1.89. The van der Waals surface area contributed by atoms with Crippen molar-refractivity contribution in [2.45, 2.75) is 11.4 Å². The minimum atomic E-state index is -3.99. The maximum absolute atomic E-state index is 13.3. The monoisotopic (exact) mass is 560 g/mol. The zero-order valence-corrected chi connectivity index (χ0v) is 20.5. The zero-order valence-electron chi connectivity index (χ0n) is 15.9. The Kier molecular flexibility index (Phi) is 8.02. The second-order valence-corrected chi connectivity index (χ2v) is 10.6. The van der Waals surface area contributed by atoms with Crippen molar-refractivity contribution in [1.29, 1.82) is 0 Å².